The topological polar surface area (TPSA) is 180 Å². The van der Waals surface area contributed by atoms with Crippen molar-refractivity contribution in [2.45, 2.75) is 102 Å². The quantitative estimate of drug-likeness (QED) is 0.123. The van der Waals surface area contributed by atoms with Crippen LogP contribution in [0.4, 0.5) is 0 Å². The summed E-state index contributed by atoms with van der Waals surface area (Å²) in [6.07, 6.45) is 5.55. The molecule has 11 rings (SSSR count). The molecule has 0 radical (unpaired) electrons. The van der Waals surface area contributed by atoms with E-state index >= 15 is 0 Å². The van der Waals surface area contributed by atoms with E-state index in [0.717, 1.165) is 99.2 Å². The van der Waals surface area contributed by atoms with Crippen molar-refractivity contribution in [1.82, 2.24) is 30.2 Å². The second-order valence-corrected chi connectivity index (χ2v) is 19.8. The third kappa shape index (κ3) is 9.93. The second kappa shape index (κ2) is 20.1. The fourth-order valence-corrected chi connectivity index (χ4v) is 11.3. The van der Waals surface area contributed by atoms with Gasteiger partial charge in [-0.15, -0.1) is 0 Å². The molecule has 4 fully saturated rings. The smallest absolute Gasteiger partial charge is 0.255 e. The zero-order valence-corrected chi connectivity index (χ0v) is 39.7. The summed E-state index contributed by atoms with van der Waals surface area (Å²) in [5.41, 5.74) is 6.88. The number of hydrogen-bond acceptors (Lipinski definition) is 12. The van der Waals surface area contributed by atoms with Crippen LogP contribution in [-0.4, -0.2) is 113 Å². The molecule has 6 amide bonds. The molecule has 71 heavy (non-hydrogen) atoms. The highest BCUT2D eigenvalue weighted by Crippen LogP contribution is 2.36. The number of imide groups is 2. The molecule has 6 aliphatic rings. The first kappa shape index (κ1) is 46.5. The number of amides is 6. The SMILES string of the molecule is O=C1CCC(N2Cc3c(OCc4ccc(CCCN5CCOC(C6CCN(Cc7ccc8cc(COc9cccc%10c9CN(C9CCC(=O)NC9=O)C%10=O)oc8c7)CC6)C5)cc4)cccc3C2=O)C(=O)N1. The van der Waals surface area contributed by atoms with Crippen LogP contribution in [0.1, 0.15) is 99.2 Å². The Kier molecular flexibility index (Phi) is 13.2. The lowest BCUT2D eigenvalue weighted by Gasteiger charge is -2.40. The number of furan rings is 1. The predicted molar refractivity (Wildman–Crippen MR) is 259 cm³/mol. The van der Waals surface area contributed by atoms with Crippen molar-refractivity contribution in [3.05, 3.63) is 130 Å². The van der Waals surface area contributed by atoms with E-state index in [4.69, 9.17) is 18.6 Å². The Hall–Kier alpha value is -6.88. The van der Waals surface area contributed by atoms with Gasteiger partial charge in [0.15, 0.2) is 0 Å². The molecule has 3 unspecified atom stereocenters. The minimum atomic E-state index is -0.684. The van der Waals surface area contributed by atoms with Crippen LogP contribution in [0.3, 0.4) is 0 Å². The van der Waals surface area contributed by atoms with Gasteiger partial charge in [0.2, 0.25) is 23.6 Å². The number of hydrogen-bond donors (Lipinski definition) is 2. The van der Waals surface area contributed by atoms with Crippen LogP contribution < -0.4 is 20.1 Å². The first-order chi connectivity index (χ1) is 34.6. The first-order valence-electron chi connectivity index (χ1n) is 25.0. The van der Waals surface area contributed by atoms with Crippen molar-refractivity contribution in [3.8, 4) is 11.5 Å². The number of carbonyl (C=O) groups is 6. The highest BCUT2D eigenvalue weighted by Gasteiger charge is 2.42. The molecule has 6 aliphatic heterocycles. The van der Waals surface area contributed by atoms with Crippen LogP contribution in [0, 0.1) is 5.92 Å². The van der Waals surface area contributed by atoms with Crippen molar-refractivity contribution in [2.24, 2.45) is 5.92 Å². The van der Waals surface area contributed by atoms with Gasteiger partial charge in [0.05, 0.1) is 25.8 Å². The van der Waals surface area contributed by atoms with Crippen LogP contribution in [0.15, 0.2) is 89.3 Å². The molecule has 0 saturated carbocycles. The van der Waals surface area contributed by atoms with Gasteiger partial charge in [-0.1, -0.05) is 48.5 Å². The van der Waals surface area contributed by atoms with Gasteiger partial charge in [0.1, 0.15) is 48.1 Å². The molecule has 2 N–H and O–H groups in total. The van der Waals surface area contributed by atoms with E-state index in [0.29, 0.717) is 53.8 Å². The Morgan fingerprint density at radius 2 is 1.23 bits per heavy atom. The van der Waals surface area contributed by atoms with Gasteiger partial charge >= 0.3 is 0 Å². The summed E-state index contributed by atoms with van der Waals surface area (Å²) >= 11 is 0. The Morgan fingerprint density at radius 3 is 1.86 bits per heavy atom. The van der Waals surface area contributed by atoms with E-state index in [2.05, 4.69) is 62.9 Å². The Balaban J connectivity index is 0.605. The van der Waals surface area contributed by atoms with Gasteiger partial charge < -0.3 is 28.4 Å². The highest BCUT2D eigenvalue weighted by atomic mass is 16.5. The fraction of sp³-hybridized carbons (Fsp3) is 0.418. The molecule has 16 heteroatoms. The minimum absolute atomic E-state index is 0.190. The zero-order chi connectivity index (χ0) is 48.6. The normalized spacial score (nSPS) is 22.2. The summed E-state index contributed by atoms with van der Waals surface area (Å²) < 4.78 is 25.1. The Bertz CT molecular complexity index is 2890. The number of rotatable bonds is 15. The van der Waals surface area contributed by atoms with Crippen LogP contribution in [0.25, 0.3) is 11.0 Å². The van der Waals surface area contributed by atoms with Gasteiger partial charge in [-0.05, 0) is 117 Å². The monoisotopic (exact) mass is 962 g/mol. The Morgan fingerprint density at radius 1 is 0.620 bits per heavy atom. The molecule has 0 aliphatic carbocycles. The standard InChI is InChI=1S/C55H58N6O10/c62-50-17-15-44(52(64)56-50)60-29-42-40(54(60)66)5-1-7-46(42)69-32-35-11-9-34(10-12-35)4-3-21-58-24-25-68-49(31-58)37-19-22-59(23-20-37)28-36-13-14-38-27-39(71-48(38)26-36)33-70-47-8-2-6-41-43(47)30-61(55(41)67)45-16-18-51(63)57-53(45)65/h1-2,5-14,26-27,37,44-45,49H,3-4,15-25,28-33H2,(H,56,62,64)(H,57,63,65). The lowest BCUT2D eigenvalue weighted by atomic mass is 9.90. The molecule has 1 aromatic heterocycles. The molecule has 368 valence electrons. The molecule has 7 heterocycles. The lowest BCUT2D eigenvalue weighted by molar-refractivity contribution is -0.138. The molecule has 4 aromatic carbocycles. The van der Waals surface area contributed by atoms with E-state index in [9.17, 15) is 28.8 Å². The first-order valence-corrected chi connectivity index (χ1v) is 25.0. The third-order valence-corrected chi connectivity index (χ3v) is 15.2. The summed E-state index contributed by atoms with van der Waals surface area (Å²) in [6, 6.07) is 26.4. The van der Waals surface area contributed by atoms with Crippen LogP contribution in [0.5, 0.6) is 11.5 Å². The molecular weight excluding hydrogens is 905 g/mol. The van der Waals surface area contributed by atoms with Crippen molar-refractivity contribution in [3.63, 3.8) is 0 Å². The van der Waals surface area contributed by atoms with Crippen LogP contribution in [0.2, 0.25) is 0 Å². The molecule has 0 bridgehead atoms. The third-order valence-electron chi connectivity index (χ3n) is 15.2. The second-order valence-electron chi connectivity index (χ2n) is 19.8. The van der Waals surface area contributed by atoms with E-state index in [1.807, 2.05) is 18.2 Å². The summed E-state index contributed by atoms with van der Waals surface area (Å²) in [4.78, 5) is 83.1. The van der Waals surface area contributed by atoms with E-state index in [1.54, 1.807) is 29.2 Å². The maximum Gasteiger partial charge on any atom is 0.255 e. The highest BCUT2D eigenvalue weighted by molar-refractivity contribution is 6.06. The van der Waals surface area contributed by atoms with E-state index in [1.165, 1.54) is 16.0 Å². The maximum absolute atomic E-state index is 13.3. The van der Waals surface area contributed by atoms with E-state index < -0.39 is 23.9 Å². The lowest BCUT2D eigenvalue weighted by Crippen LogP contribution is -2.52. The van der Waals surface area contributed by atoms with Crippen molar-refractivity contribution < 1.29 is 47.4 Å². The van der Waals surface area contributed by atoms with Gasteiger partial charge in [-0.3, -0.25) is 49.2 Å². The van der Waals surface area contributed by atoms with Gasteiger partial charge in [0.25, 0.3) is 11.8 Å². The number of aryl methyl sites for hydroxylation is 1. The zero-order valence-electron chi connectivity index (χ0n) is 39.7. The molecule has 4 saturated heterocycles. The van der Waals surface area contributed by atoms with E-state index in [-0.39, 0.29) is 62.3 Å². The number of nitrogens with zero attached hydrogens (tertiary/aromatic N) is 4. The average Bonchev–Trinajstić information content (AvgIpc) is 4.06. The predicted octanol–water partition coefficient (Wildman–Crippen LogP) is 5.66. The number of nitrogens with one attached hydrogen (secondary N) is 2. The number of carbonyl (C=O) groups excluding carboxylic acids is 6. The van der Waals surface area contributed by atoms with Gasteiger partial charge in [-0.25, -0.2) is 0 Å². The van der Waals surface area contributed by atoms with Crippen LogP contribution in [-0.2, 0) is 63.2 Å². The number of benzene rings is 4. The molecule has 0 spiro atoms. The average molecular weight is 963 g/mol. The molecule has 5 aromatic rings. The maximum atomic E-state index is 13.3. The Labute approximate surface area is 411 Å². The number of fused-ring (bicyclic) bond motifs is 3. The number of piperidine rings is 3. The molecule has 3 atom stereocenters. The fourth-order valence-electron chi connectivity index (χ4n) is 11.3. The van der Waals surface area contributed by atoms with Crippen molar-refractivity contribution in [1.29, 1.82) is 0 Å². The van der Waals surface area contributed by atoms with Gasteiger partial charge in [-0.2, -0.15) is 0 Å². The number of morpholine rings is 1. The summed E-state index contributed by atoms with van der Waals surface area (Å²) in [5, 5.41) is 5.71. The largest absolute Gasteiger partial charge is 0.489 e. The molecular formula is C55H58N6O10. The van der Waals surface area contributed by atoms with Crippen LogP contribution >= 0.6 is 0 Å². The van der Waals surface area contributed by atoms with Crippen molar-refractivity contribution in [2.75, 3.05) is 39.3 Å². The molecule has 16 nitrogen and oxygen atoms in total. The summed E-state index contributed by atoms with van der Waals surface area (Å²) in [5.74, 6) is 0.489. The number of ether oxygens (including phenoxy) is 3. The van der Waals surface area contributed by atoms with Gasteiger partial charge in [0, 0.05) is 60.1 Å². The summed E-state index contributed by atoms with van der Waals surface area (Å²) in [7, 11) is 0. The minimum Gasteiger partial charge on any atom is -0.489 e. The number of likely N-dealkylation sites (tertiary alicyclic amines) is 1. The van der Waals surface area contributed by atoms with Crippen molar-refractivity contribution >= 4 is 46.4 Å². The summed E-state index contributed by atoms with van der Waals surface area (Å²) in [6.45, 7) is 7.66.